The van der Waals surface area contributed by atoms with E-state index < -0.39 is 0 Å². The molecular formula is C15H12BrClINO2. The Hall–Kier alpha value is -0.790. The van der Waals surface area contributed by atoms with Gasteiger partial charge in [0.05, 0.1) is 5.69 Å². The van der Waals surface area contributed by atoms with E-state index in [0.717, 1.165) is 19.3 Å². The molecule has 0 aliphatic carbocycles. The Morgan fingerprint density at radius 1 is 1.33 bits per heavy atom. The van der Waals surface area contributed by atoms with E-state index >= 15 is 0 Å². The molecule has 2 aromatic rings. The number of halogens is 3. The first-order valence-corrected chi connectivity index (χ1v) is 8.34. The van der Waals surface area contributed by atoms with Crippen LogP contribution >= 0.6 is 50.1 Å². The lowest BCUT2D eigenvalue weighted by molar-refractivity contribution is -0.118. The molecule has 0 aliphatic rings. The van der Waals surface area contributed by atoms with Crippen LogP contribution in [0.5, 0.6) is 5.75 Å². The Kier molecular flexibility index (Phi) is 5.89. The third kappa shape index (κ3) is 4.86. The van der Waals surface area contributed by atoms with E-state index in [2.05, 4.69) is 43.8 Å². The molecule has 0 saturated heterocycles. The molecule has 21 heavy (non-hydrogen) atoms. The summed E-state index contributed by atoms with van der Waals surface area (Å²) < 4.78 is 7.43. The minimum absolute atomic E-state index is 0.0470. The second kappa shape index (κ2) is 7.47. The second-order valence-corrected chi connectivity index (χ2v) is 6.89. The maximum absolute atomic E-state index is 11.9. The van der Waals surface area contributed by atoms with Gasteiger partial charge in [-0.3, -0.25) is 4.79 Å². The van der Waals surface area contributed by atoms with Crippen LogP contribution in [0.25, 0.3) is 0 Å². The number of amides is 1. The standard InChI is InChI=1S/C15H12BrClINO2/c1-9-6-11(17)3-5-14(9)21-8-15(20)19-13-4-2-10(16)7-12(13)18/h2-7H,8H2,1H3,(H,19,20). The summed E-state index contributed by atoms with van der Waals surface area (Å²) in [5.41, 5.74) is 1.66. The summed E-state index contributed by atoms with van der Waals surface area (Å²) in [5.74, 6) is 0.449. The lowest BCUT2D eigenvalue weighted by atomic mass is 10.2. The van der Waals surface area contributed by atoms with Crippen LogP contribution in [0.2, 0.25) is 5.02 Å². The number of ether oxygens (including phenoxy) is 1. The summed E-state index contributed by atoms with van der Waals surface area (Å²) in [7, 11) is 0. The topological polar surface area (TPSA) is 38.3 Å². The molecule has 110 valence electrons. The predicted molar refractivity (Wildman–Crippen MR) is 97.2 cm³/mol. The molecule has 0 fully saturated rings. The summed E-state index contributed by atoms with van der Waals surface area (Å²) in [6.45, 7) is 1.84. The van der Waals surface area contributed by atoms with Crippen LogP contribution in [-0.2, 0) is 4.79 Å². The zero-order valence-electron chi connectivity index (χ0n) is 11.1. The van der Waals surface area contributed by atoms with Gasteiger partial charge in [0.1, 0.15) is 5.75 Å². The normalized spacial score (nSPS) is 10.3. The summed E-state index contributed by atoms with van der Waals surface area (Å²) in [6.07, 6.45) is 0. The lowest BCUT2D eigenvalue weighted by Gasteiger charge is -2.11. The molecule has 0 heterocycles. The fourth-order valence-corrected chi connectivity index (χ4v) is 3.36. The highest BCUT2D eigenvalue weighted by Crippen LogP contribution is 2.23. The van der Waals surface area contributed by atoms with E-state index in [1.165, 1.54) is 0 Å². The first-order valence-electron chi connectivity index (χ1n) is 6.09. The van der Waals surface area contributed by atoms with Crippen LogP contribution in [0.1, 0.15) is 5.56 Å². The molecule has 0 bridgehead atoms. The molecule has 0 aromatic heterocycles. The number of hydrogen-bond donors (Lipinski definition) is 1. The van der Waals surface area contributed by atoms with E-state index in [9.17, 15) is 4.79 Å². The highest BCUT2D eigenvalue weighted by molar-refractivity contribution is 14.1. The molecule has 3 nitrogen and oxygen atoms in total. The second-order valence-electron chi connectivity index (χ2n) is 4.37. The van der Waals surface area contributed by atoms with Crippen LogP contribution in [0.4, 0.5) is 5.69 Å². The van der Waals surface area contributed by atoms with Crippen molar-refractivity contribution in [3.05, 3.63) is 55.0 Å². The zero-order chi connectivity index (χ0) is 15.4. The largest absolute Gasteiger partial charge is 0.483 e. The summed E-state index contributed by atoms with van der Waals surface area (Å²) >= 11 is 11.4. The number of anilines is 1. The number of aryl methyl sites for hydroxylation is 1. The van der Waals surface area contributed by atoms with Crippen molar-refractivity contribution in [2.75, 3.05) is 11.9 Å². The molecule has 2 aromatic carbocycles. The van der Waals surface area contributed by atoms with Crippen molar-refractivity contribution in [1.29, 1.82) is 0 Å². The van der Waals surface area contributed by atoms with Crippen LogP contribution in [-0.4, -0.2) is 12.5 Å². The summed E-state index contributed by atoms with van der Waals surface area (Å²) in [5, 5.41) is 3.47. The fourth-order valence-electron chi connectivity index (χ4n) is 1.70. The van der Waals surface area contributed by atoms with Gasteiger partial charge in [-0.2, -0.15) is 0 Å². The van der Waals surface area contributed by atoms with Crippen molar-refractivity contribution >= 4 is 61.7 Å². The van der Waals surface area contributed by atoms with Crippen molar-refractivity contribution in [2.45, 2.75) is 6.92 Å². The quantitative estimate of drug-likeness (QED) is 0.624. The van der Waals surface area contributed by atoms with Crippen LogP contribution in [0.15, 0.2) is 40.9 Å². The van der Waals surface area contributed by atoms with Gasteiger partial charge in [-0.1, -0.05) is 27.5 Å². The molecule has 2 rings (SSSR count). The Morgan fingerprint density at radius 2 is 2.10 bits per heavy atom. The Morgan fingerprint density at radius 3 is 2.76 bits per heavy atom. The highest BCUT2D eigenvalue weighted by Gasteiger charge is 2.08. The van der Waals surface area contributed by atoms with E-state index in [-0.39, 0.29) is 12.5 Å². The smallest absolute Gasteiger partial charge is 0.262 e. The number of carbonyl (C=O) groups is 1. The molecule has 0 atom stereocenters. The van der Waals surface area contributed by atoms with Crippen LogP contribution in [0.3, 0.4) is 0 Å². The highest BCUT2D eigenvalue weighted by atomic mass is 127. The van der Waals surface area contributed by atoms with Crippen molar-refractivity contribution in [3.8, 4) is 5.75 Å². The van der Waals surface area contributed by atoms with Crippen molar-refractivity contribution in [1.82, 2.24) is 0 Å². The number of rotatable bonds is 4. The maximum atomic E-state index is 11.9. The van der Waals surface area contributed by atoms with Gasteiger partial charge in [0.15, 0.2) is 6.61 Å². The van der Waals surface area contributed by atoms with Crippen molar-refractivity contribution in [3.63, 3.8) is 0 Å². The predicted octanol–water partition coefficient (Wildman–Crippen LogP) is 5.03. The number of nitrogens with one attached hydrogen (secondary N) is 1. The van der Waals surface area contributed by atoms with Crippen molar-refractivity contribution in [2.24, 2.45) is 0 Å². The maximum Gasteiger partial charge on any atom is 0.262 e. The first-order chi connectivity index (χ1) is 9.95. The zero-order valence-corrected chi connectivity index (χ0v) is 15.6. The summed E-state index contributed by atoms with van der Waals surface area (Å²) in [6, 6.07) is 10.9. The molecule has 0 aliphatic heterocycles. The number of carbonyl (C=O) groups excluding carboxylic acids is 1. The van der Waals surface area contributed by atoms with Gasteiger partial charge in [0, 0.05) is 13.1 Å². The minimum atomic E-state index is -0.204. The average molecular weight is 481 g/mol. The monoisotopic (exact) mass is 479 g/mol. The minimum Gasteiger partial charge on any atom is -0.483 e. The van der Waals surface area contributed by atoms with Gasteiger partial charge in [-0.15, -0.1) is 0 Å². The fraction of sp³-hybridized carbons (Fsp3) is 0.133. The van der Waals surface area contributed by atoms with Gasteiger partial charge >= 0.3 is 0 Å². The molecule has 6 heteroatoms. The van der Waals surface area contributed by atoms with E-state index in [1.54, 1.807) is 18.2 Å². The molecule has 0 unspecified atom stereocenters. The van der Waals surface area contributed by atoms with Gasteiger partial charge in [-0.05, 0) is 71.5 Å². The van der Waals surface area contributed by atoms with E-state index in [0.29, 0.717) is 10.8 Å². The SMILES string of the molecule is Cc1cc(Cl)ccc1OCC(=O)Nc1ccc(Br)cc1I. The van der Waals surface area contributed by atoms with Crippen molar-refractivity contribution < 1.29 is 9.53 Å². The molecular weight excluding hydrogens is 468 g/mol. The first kappa shape index (κ1) is 16.6. The molecule has 1 N–H and O–H groups in total. The Balaban J connectivity index is 1.96. The number of benzene rings is 2. The molecule has 0 radical (unpaired) electrons. The van der Waals surface area contributed by atoms with Gasteiger partial charge in [0.25, 0.3) is 5.91 Å². The van der Waals surface area contributed by atoms with Crippen LogP contribution < -0.4 is 10.1 Å². The van der Waals surface area contributed by atoms with Gasteiger partial charge in [0.2, 0.25) is 0 Å². The third-order valence-electron chi connectivity index (χ3n) is 2.70. The average Bonchev–Trinajstić information content (AvgIpc) is 2.41. The van der Waals surface area contributed by atoms with E-state index in [4.69, 9.17) is 16.3 Å². The van der Waals surface area contributed by atoms with E-state index in [1.807, 2.05) is 25.1 Å². The molecule has 0 spiro atoms. The number of hydrogen-bond acceptors (Lipinski definition) is 2. The van der Waals surface area contributed by atoms with Crippen LogP contribution in [0, 0.1) is 10.5 Å². The van der Waals surface area contributed by atoms with Gasteiger partial charge in [-0.25, -0.2) is 0 Å². The third-order valence-corrected chi connectivity index (χ3v) is 4.32. The Bertz CT molecular complexity index is 679. The lowest BCUT2D eigenvalue weighted by Crippen LogP contribution is -2.20. The molecule has 0 saturated carbocycles. The molecule has 1 amide bonds. The Labute approximate surface area is 150 Å². The summed E-state index contributed by atoms with van der Waals surface area (Å²) in [4.78, 5) is 11.9. The van der Waals surface area contributed by atoms with Gasteiger partial charge < -0.3 is 10.1 Å².